The average Bonchev–Trinajstić information content (AvgIpc) is 2.87. The van der Waals surface area contributed by atoms with E-state index in [-0.39, 0.29) is 6.04 Å². The van der Waals surface area contributed by atoms with Gasteiger partial charge < -0.3 is 4.74 Å². The van der Waals surface area contributed by atoms with Crippen molar-refractivity contribution < 1.29 is 4.74 Å². The van der Waals surface area contributed by atoms with E-state index >= 15 is 0 Å². The topological polar surface area (TPSA) is 47.3 Å². The third-order valence-corrected chi connectivity index (χ3v) is 5.08. The van der Waals surface area contributed by atoms with Crippen LogP contribution in [0.2, 0.25) is 0 Å². The molecule has 1 saturated carbocycles. The number of rotatable bonds is 5. The van der Waals surface area contributed by atoms with Gasteiger partial charge in [-0.3, -0.25) is 5.84 Å². The van der Waals surface area contributed by atoms with Crippen molar-refractivity contribution in [3.8, 4) is 5.75 Å². The van der Waals surface area contributed by atoms with Gasteiger partial charge in [0.15, 0.2) is 0 Å². The maximum atomic E-state index is 5.78. The fourth-order valence-corrected chi connectivity index (χ4v) is 3.61. The molecular formula is C16H20N2OS. The minimum atomic E-state index is 0.0314. The average molecular weight is 288 g/mol. The van der Waals surface area contributed by atoms with Crippen LogP contribution in [0, 0.1) is 0 Å². The van der Waals surface area contributed by atoms with Crippen LogP contribution in [0.1, 0.15) is 47.2 Å². The molecule has 1 aliphatic carbocycles. The molecule has 106 valence electrons. The summed E-state index contributed by atoms with van der Waals surface area (Å²) < 4.78 is 5.26. The van der Waals surface area contributed by atoms with Crippen molar-refractivity contribution in [1.82, 2.24) is 5.43 Å². The van der Waals surface area contributed by atoms with E-state index in [1.54, 1.807) is 18.4 Å². The maximum absolute atomic E-state index is 5.78. The van der Waals surface area contributed by atoms with E-state index in [1.807, 2.05) is 11.4 Å². The molecule has 1 heterocycles. The van der Waals surface area contributed by atoms with Crippen molar-refractivity contribution in [3.63, 3.8) is 0 Å². The summed E-state index contributed by atoms with van der Waals surface area (Å²) in [5.74, 6) is 7.41. The predicted molar refractivity (Wildman–Crippen MR) is 83.1 cm³/mol. The van der Waals surface area contributed by atoms with Gasteiger partial charge in [-0.05, 0) is 36.0 Å². The highest BCUT2D eigenvalue weighted by Crippen LogP contribution is 2.38. The van der Waals surface area contributed by atoms with Crippen LogP contribution in [0.15, 0.2) is 35.7 Å². The summed E-state index contributed by atoms with van der Waals surface area (Å²) in [5, 5.41) is 2.01. The van der Waals surface area contributed by atoms with Crippen LogP contribution in [0.3, 0.4) is 0 Å². The first-order chi connectivity index (χ1) is 9.81. The van der Waals surface area contributed by atoms with Gasteiger partial charge in [0.1, 0.15) is 5.75 Å². The normalized spacial score (nSPS) is 16.7. The number of ether oxygens (including phenoxy) is 1. The van der Waals surface area contributed by atoms with Gasteiger partial charge in [0.25, 0.3) is 0 Å². The Kier molecular flexibility index (Phi) is 4.05. The van der Waals surface area contributed by atoms with Gasteiger partial charge in [0.05, 0.1) is 13.2 Å². The van der Waals surface area contributed by atoms with Crippen molar-refractivity contribution >= 4 is 11.3 Å². The summed E-state index contributed by atoms with van der Waals surface area (Å²) in [6.45, 7) is 0. The van der Waals surface area contributed by atoms with E-state index < -0.39 is 0 Å². The molecule has 3 nitrogen and oxygen atoms in total. The molecule has 1 atom stereocenters. The molecule has 0 saturated heterocycles. The number of hydrazine groups is 1. The van der Waals surface area contributed by atoms with Crippen LogP contribution < -0.4 is 16.0 Å². The minimum absolute atomic E-state index is 0.0314. The molecule has 1 aromatic carbocycles. The van der Waals surface area contributed by atoms with E-state index in [0.717, 1.165) is 11.7 Å². The van der Waals surface area contributed by atoms with Crippen LogP contribution in [0.25, 0.3) is 0 Å². The second-order valence-electron chi connectivity index (χ2n) is 5.29. The van der Waals surface area contributed by atoms with Crippen LogP contribution in [-0.4, -0.2) is 7.11 Å². The van der Waals surface area contributed by atoms with Gasteiger partial charge in [-0.1, -0.05) is 30.7 Å². The largest absolute Gasteiger partial charge is 0.496 e. The Balaban J connectivity index is 1.88. The molecule has 4 heteroatoms. The standard InChI is InChI=1S/C16H20N2OS/c1-19-14-9-15(20-10-14)16(18-17)13-7-3-6-12(8-13)11-4-2-5-11/h3,6-11,16,18H,2,4-5,17H2,1H3. The summed E-state index contributed by atoms with van der Waals surface area (Å²) in [6, 6.07) is 10.9. The zero-order valence-electron chi connectivity index (χ0n) is 11.6. The zero-order chi connectivity index (χ0) is 13.9. The summed E-state index contributed by atoms with van der Waals surface area (Å²) in [7, 11) is 1.69. The molecule has 0 aliphatic heterocycles. The molecule has 0 radical (unpaired) electrons. The SMILES string of the molecule is COc1csc(C(NN)c2cccc(C3CCC3)c2)c1. The lowest BCUT2D eigenvalue weighted by atomic mass is 9.79. The summed E-state index contributed by atoms with van der Waals surface area (Å²) in [6.07, 6.45) is 3.99. The molecule has 0 spiro atoms. The predicted octanol–water partition coefficient (Wildman–Crippen LogP) is 3.58. The van der Waals surface area contributed by atoms with Gasteiger partial charge >= 0.3 is 0 Å². The number of nitrogens with two attached hydrogens (primary N) is 1. The Bertz CT molecular complexity index is 577. The first-order valence-electron chi connectivity index (χ1n) is 7.00. The van der Waals surface area contributed by atoms with Crippen LogP contribution in [0.5, 0.6) is 5.75 Å². The molecule has 20 heavy (non-hydrogen) atoms. The van der Waals surface area contributed by atoms with E-state index in [4.69, 9.17) is 10.6 Å². The van der Waals surface area contributed by atoms with Gasteiger partial charge in [0.2, 0.25) is 0 Å². The lowest BCUT2D eigenvalue weighted by Gasteiger charge is -2.27. The van der Waals surface area contributed by atoms with Gasteiger partial charge in [-0.25, -0.2) is 5.43 Å². The third kappa shape index (κ3) is 2.59. The molecule has 0 bridgehead atoms. The Morgan fingerprint density at radius 3 is 2.80 bits per heavy atom. The van der Waals surface area contributed by atoms with Gasteiger partial charge in [0, 0.05) is 10.3 Å². The lowest BCUT2D eigenvalue weighted by Crippen LogP contribution is -2.28. The number of hydrogen-bond donors (Lipinski definition) is 2. The third-order valence-electron chi connectivity index (χ3n) is 4.10. The molecule has 0 amide bonds. The fourth-order valence-electron chi connectivity index (χ4n) is 2.67. The molecular weight excluding hydrogens is 268 g/mol. The molecule has 3 rings (SSSR count). The number of methoxy groups -OCH3 is 1. The highest BCUT2D eigenvalue weighted by atomic mass is 32.1. The van der Waals surface area contributed by atoms with Crippen molar-refractivity contribution in [1.29, 1.82) is 0 Å². The molecule has 1 fully saturated rings. The molecule has 1 aliphatic rings. The summed E-state index contributed by atoms with van der Waals surface area (Å²) in [5.41, 5.74) is 5.59. The number of nitrogens with one attached hydrogen (secondary N) is 1. The molecule has 3 N–H and O–H groups in total. The summed E-state index contributed by atoms with van der Waals surface area (Å²) in [4.78, 5) is 1.18. The quantitative estimate of drug-likeness (QED) is 0.653. The minimum Gasteiger partial charge on any atom is -0.496 e. The molecule has 2 aromatic rings. The van der Waals surface area contributed by atoms with Crippen molar-refractivity contribution in [2.45, 2.75) is 31.2 Å². The molecule has 1 unspecified atom stereocenters. The zero-order valence-corrected chi connectivity index (χ0v) is 12.5. The number of hydrogen-bond acceptors (Lipinski definition) is 4. The smallest absolute Gasteiger partial charge is 0.129 e. The lowest BCUT2D eigenvalue weighted by molar-refractivity contribution is 0.416. The Morgan fingerprint density at radius 1 is 1.35 bits per heavy atom. The van der Waals surface area contributed by atoms with Crippen molar-refractivity contribution in [2.75, 3.05) is 7.11 Å². The molecule has 1 aromatic heterocycles. The highest BCUT2D eigenvalue weighted by molar-refractivity contribution is 7.10. The van der Waals surface area contributed by atoms with Crippen molar-refractivity contribution in [2.24, 2.45) is 5.84 Å². The van der Waals surface area contributed by atoms with Gasteiger partial charge in [-0.2, -0.15) is 0 Å². The van der Waals surface area contributed by atoms with E-state index in [0.29, 0.717) is 0 Å². The van der Waals surface area contributed by atoms with E-state index in [9.17, 15) is 0 Å². The van der Waals surface area contributed by atoms with Crippen LogP contribution in [0.4, 0.5) is 0 Å². The Labute approximate surface area is 123 Å². The van der Waals surface area contributed by atoms with Gasteiger partial charge in [-0.15, -0.1) is 11.3 Å². The number of thiophene rings is 1. The maximum Gasteiger partial charge on any atom is 0.129 e. The summed E-state index contributed by atoms with van der Waals surface area (Å²) >= 11 is 1.67. The Hall–Kier alpha value is -1.36. The second kappa shape index (κ2) is 5.95. The first-order valence-corrected chi connectivity index (χ1v) is 7.88. The number of benzene rings is 1. The van der Waals surface area contributed by atoms with E-state index in [2.05, 4.69) is 29.7 Å². The Morgan fingerprint density at radius 2 is 2.20 bits per heavy atom. The monoisotopic (exact) mass is 288 g/mol. The fraction of sp³-hybridized carbons (Fsp3) is 0.375. The van der Waals surface area contributed by atoms with Crippen LogP contribution in [-0.2, 0) is 0 Å². The van der Waals surface area contributed by atoms with Crippen LogP contribution >= 0.6 is 11.3 Å². The first kappa shape index (κ1) is 13.6. The second-order valence-corrected chi connectivity index (χ2v) is 6.23. The van der Waals surface area contributed by atoms with Crippen molar-refractivity contribution in [3.05, 3.63) is 51.7 Å². The highest BCUT2D eigenvalue weighted by Gasteiger charge is 2.21. The van der Waals surface area contributed by atoms with E-state index in [1.165, 1.54) is 35.3 Å².